The van der Waals surface area contributed by atoms with Gasteiger partial charge >= 0.3 is 5.97 Å². The molecule has 0 saturated heterocycles. The van der Waals surface area contributed by atoms with Crippen LogP contribution in [-0.4, -0.2) is 24.2 Å². The SMILES string of the molecule is CCC(C(=O)O)N(C)c1c(F)cc(C#N)cc1F. The van der Waals surface area contributed by atoms with Crippen molar-refractivity contribution in [2.75, 3.05) is 11.9 Å². The molecule has 1 aromatic rings. The molecule has 0 aromatic heterocycles. The van der Waals surface area contributed by atoms with E-state index in [4.69, 9.17) is 10.4 Å². The van der Waals surface area contributed by atoms with Crippen LogP contribution in [-0.2, 0) is 4.79 Å². The van der Waals surface area contributed by atoms with Gasteiger partial charge in [0, 0.05) is 7.05 Å². The van der Waals surface area contributed by atoms with Gasteiger partial charge in [-0.15, -0.1) is 0 Å². The molecule has 1 rings (SSSR count). The zero-order valence-corrected chi connectivity index (χ0v) is 9.94. The zero-order valence-electron chi connectivity index (χ0n) is 9.94. The maximum atomic E-state index is 13.7. The Morgan fingerprint density at radius 2 is 2.00 bits per heavy atom. The Balaban J connectivity index is 3.25. The normalized spacial score (nSPS) is 11.7. The molecule has 0 fully saturated rings. The van der Waals surface area contributed by atoms with Crippen molar-refractivity contribution < 1.29 is 18.7 Å². The van der Waals surface area contributed by atoms with E-state index in [0.717, 1.165) is 17.0 Å². The minimum atomic E-state index is -1.16. The lowest BCUT2D eigenvalue weighted by Gasteiger charge is -2.26. The molecule has 1 N–H and O–H groups in total. The summed E-state index contributed by atoms with van der Waals surface area (Å²) >= 11 is 0. The van der Waals surface area contributed by atoms with E-state index in [1.807, 2.05) is 0 Å². The van der Waals surface area contributed by atoms with E-state index >= 15 is 0 Å². The van der Waals surface area contributed by atoms with Gasteiger partial charge < -0.3 is 10.0 Å². The van der Waals surface area contributed by atoms with Crippen LogP contribution in [0.4, 0.5) is 14.5 Å². The van der Waals surface area contributed by atoms with Crippen molar-refractivity contribution in [1.82, 2.24) is 0 Å². The Hall–Kier alpha value is -2.16. The molecule has 0 heterocycles. The van der Waals surface area contributed by atoms with Crippen LogP contribution in [0.5, 0.6) is 0 Å². The van der Waals surface area contributed by atoms with E-state index in [-0.39, 0.29) is 12.0 Å². The van der Waals surface area contributed by atoms with Crippen LogP contribution in [0.1, 0.15) is 18.9 Å². The standard InChI is InChI=1S/C12H12F2N2O2/c1-3-10(12(17)18)16(2)11-8(13)4-7(6-15)5-9(11)14/h4-5,10H,3H2,1-2H3,(H,17,18). The van der Waals surface area contributed by atoms with Crippen molar-refractivity contribution in [3.8, 4) is 6.07 Å². The molecule has 0 spiro atoms. The summed E-state index contributed by atoms with van der Waals surface area (Å²) in [4.78, 5) is 12.0. The summed E-state index contributed by atoms with van der Waals surface area (Å²) in [5.41, 5.74) is -0.589. The van der Waals surface area contributed by atoms with Gasteiger partial charge in [-0.3, -0.25) is 0 Å². The van der Waals surface area contributed by atoms with E-state index in [1.54, 1.807) is 13.0 Å². The number of carboxylic acids is 1. The molecule has 96 valence electrons. The van der Waals surface area contributed by atoms with Crippen LogP contribution in [0.3, 0.4) is 0 Å². The Morgan fingerprint density at radius 3 is 2.33 bits per heavy atom. The van der Waals surface area contributed by atoms with Gasteiger partial charge in [0.25, 0.3) is 0 Å². The van der Waals surface area contributed by atoms with Gasteiger partial charge in [-0.1, -0.05) is 6.92 Å². The summed E-state index contributed by atoms with van der Waals surface area (Å²) in [6.45, 7) is 1.61. The summed E-state index contributed by atoms with van der Waals surface area (Å²) < 4.78 is 27.4. The molecule has 0 radical (unpaired) electrons. The molecule has 0 aliphatic carbocycles. The summed E-state index contributed by atoms with van der Waals surface area (Å²) in [6, 6.07) is 2.36. The maximum absolute atomic E-state index is 13.7. The molecule has 0 aliphatic rings. The van der Waals surface area contributed by atoms with Crippen LogP contribution in [0.15, 0.2) is 12.1 Å². The lowest BCUT2D eigenvalue weighted by Crippen LogP contribution is -2.39. The second-order valence-corrected chi connectivity index (χ2v) is 3.77. The van der Waals surface area contributed by atoms with Crippen LogP contribution >= 0.6 is 0 Å². The van der Waals surface area contributed by atoms with Gasteiger partial charge in [0.2, 0.25) is 0 Å². The molecule has 1 unspecified atom stereocenters. The average Bonchev–Trinajstić information content (AvgIpc) is 2.28. The van der Waals surface area contributed by atoms with Crippen molar-refractivity contribution in [1.29, 1.82) is 5.26 Å². The summed E-state index contributed by atoms with van der Waals surface area (Å²) in [6.07, 6.45) is 0.199. The van der Waals surface area contributed by atoms with Crippen LogP contribution in [0, 0.1) is 23.0 Å². The third-order valence-electron chi connectivity index (χ3n) is 2.64. The molecular weight excluding hydrogens is 242 g/mol. The van der Waals surface area contributed by atoms with Crippen LogP contribution in [0.25, 0.3) is 0 Å². The maximum Gasteiger partial charge on any atom is 0.326 e. The largest absolute Gasteiger partial charge is 0.480 e. The quantitative estimate of drug-likeness (QED) is 0.894. The van der Waals surface area contributed by atoms with Crippen molar-refractivity contribution in [2.24, 2.45) is 0 Å². The predicted molar refractivity (Wildman–Crippen MR) is 61.2 cm³/mol. The van der Waals surface area contributed by atoms with Crippen molar-refractivity contribution >= 4 is 11.7 Å². The molecule has 0 amide bonds. The van der Waals surface area contributed by atoms with E-state index < -0.39 is 29.3 Å². The second-order valence-electron chi connectivity index (χ2n) is 3.77. The van der Waals surface area contributed by atoms with Crippen molar-refractivity contribution in [2.45, 2.75) is 19.4 Å². The smallest absolute Gasteiger partial charge is 0.326 e. The molecule has 1 aromatic carbocycles. The number of carboxylic acid groups (broad SMARTS) is 1. The van der Waals surface area contributed by atoms with Crippen molar-refractivity contribution in [3.05, 3.63) is 29.3 Å². The number of carbonyl (C=O) groups is 1. The lowest BCUT2D eigenvalue weighted by molar-refractivity contribution is -0.138. The highest BCUT2D eigenvalue weighted by molar-refractivity contribution is 5.78. The van der Waals surface area contributed by atoms with Gasteiger partial charge in [-0.25, -0.2) is 13.6 Å². The average molecular weight is 254 g/mol. The Kier molecular flexibility index (Phi) is 4.21. The summed E-state index contributed by atoms with van der Waals surface area (Å²) in [5, 5.41) is 17.5. The first-order chi connectivity index (χ1) is 8.42. The highest BCUT2D eigenvalue weighted by Gasteiger charge is 2.25. The zero-order chi connectivity index (χ0) is 13.9. The molecule has 0 saturated carbocycles. The number of nitrogens with zero attached hydrogens (tertiary/aromatic N) is 2. The molecule has 4 nitrogen and oxygen atoms in total. The first-order valence-electron chi connectivity index (χ1n) is 5.27. The fourth-order valence-electron chi connectivity index (χ4n) is 1.74. The minimum Gasteiger partial charge on any atom is -0.480 e. The third kappa shape index (κ3) is 2.56. The van der Waals surface area contributed by atoms with Gasteiger partial charge in [-0.2, -0.15) is 5.26 Å². The van der Waals surface area contributed by atoms with Gasteiger partial charge in [0.05, 0.1) is 11.6 Å². The molecular formula is C12H12F2N2O2. The fraction of sp³-hybridized carbons (Fsp3) is 0.333. The number of halogens is 2. The lowest BCUT2D eigenvalue weighted by atomic mass is 10.1. The summed E-state index contributed by atoms with van der Waals surface area (Å²) in [5.74, 6) is -3.06. The number of aliphatic carboxylic acids is 1. The molecule has 1 atom stereocenters. The monoisotopic (exact) mass is 254 g/mol. The minimum absolute atomic E-state index is 0.148. The Morgan fingerprint density at radius 1 is 1.50 bits per heavy atom. The molecule has 0 bridgehead atoms. The van der Waals surface area contributed by atoms with Crippen molar-refractivity contribution in [3.63, 3.8) is 0 Å². The van der Waals surface area contributed by atoms with Gasteiger partial charge in [-0.05, 0) is 18.6 Å². The molecule has 0 aliphatic heterocycles. The number of rotatable bonds is 4. The predicted octanol–water partition coefficient (Wildman–Crippen LogP) is 2.14. The van der Waals surface area contributed by atoms with E-state index in [2.05, 4.69) is 0 Å². The topological polar surface area (TPSA) is 64.3 Å². The number of hydrogen-bond acceptors (Lipinski definition) is 3. The van der Waals surface area contributed by atoms with Crippen LogP contribution < -0.4 is 4.90 Å². The number of likely N-dealkylation sites (N-methyl/N-ethyl adjacent to an activating group) is 1. The van der Waals surface area contributed by atoms with Gasteiger partial charge in [0.15, 0.2) is 11.6 Å². The third-order valence-corrected chi connectivity index (χ3v) is 2.64. The first-order valence-corrected chi connectivity index (χ1v) is 5.27. The van der Waals surface area contributed by atoms with E-state index in [9.17, 15) is 13.6 Å². The van der Waals surface area contributed by atoms with Gasteiger partial charge in [0.1, 0.15) is 11.7 Å². The summed E-state index contributed by atoms with van der Waals surface area (Å²) in [7, 11) is 1.30. The first kappa shape index (κ1) is 13.9. The van der Waals surface area contributed by atoms with E-state index in [0.29, 0.717) is 0 Å². The highest BCUT2D eigenvalue weighted by atomic mass is 19.1. The highest BCUT2D eigenvalue weighted by Crippen LogP contribution is 2.26. The number of anilines is 1. The Labute approximate surface area is 103 Å². The molecule has 6 heteroatoms. The fourth-order valence-corrected chi connectivity index (χ4v) is 1.74. The number of benzene rings is 1. The van der Waals surface area contributed by atoms with Crippen LogP contribution in [0.2, 0.25) is 0 Å². The molecule has 18 heavy (non-hydrogen) atoms. The number of nitriles is 1. The van der Waals surface area contributed by atoms with E-state index in [1.165, 1.54) is 7.05 Å². The number of hydrogen-bond donors (Lipinski definition) is 1. The Bertz CT molecular complexity index is 488. The second kappa shape index (κ2) is 5.45.